The van der Waals surface area contributed by atoms with Gasteiger partial charge in [-0.25, -0.2) is 4.39 Å². The molecule has 0 atom stereocenters. The van der Waals surface area contributed by atoms with E-state index in [-0.39, 0.29) is 30.7 Å². The Labute approximate surface area is 200 Å². The normalized spacial score (nSPS) is 15.7. The van der Waals surface area contributed by atoms with Gasteiger partial charge in [-0.05, 0) is 36.6 Å². The van der Waals surface area contributed by atoms with Crippen LogP contribution in [-0.2, 0) is 11.3 Å². The van der Waals surface area contributed by atoms with E-state index in [2.05, 4.69) is 20.9 Å². The zero-order valence-electron chi connectivity index (χ0n) is 19.0. The fourth-order valence-corrected chi connectivity index (χ4v) is 5.23. The highest BCUT2D eigenvalue weighted by Crippen LogP contribution is 2.40. The van der Waals surface area contributed by atoms with Gasteiger partial charge in [0.05, 0.1) is 29.5 Å². The number of hydrazine groups is 1. The number of amides is 1. The van der Waals surface area contributed by atoms with Gasteiger partial charge in [-0.1, -0.05) is 12.1 Å². The van der Waals surface area contributed by atoms with E-state index >= 15 is 4.39 Å². The number of nitrogens with one attached hydrogen (secondary N) is 2. The summed E-state index contributed by atoms with van der Waals surface area (Å²) in [5.74, 6) is 4.88. The van der Waals surface area contributed by atoms with E-state index in [0.717, 1.165) is 59.0 Å². The smallest absolute Gasteiger partial charge is 0.242 e. The molecule has 35 heavy (non-hydrogen) atoms. The molecule has 4 bridgehead atoms. The van der Waals surface area contributed by atoms with Gasteiger partial charge in [0.1, 0.15) is 12.4 Å². The van der Waals surface area contributed by atoms with Gasteiger partial charge in [0.25, 0.3) is 0 Å². The molecule has 0 radical (unpaired) electrons. The molecule has 0 spiro atoms. The molecular formula is C24H26FN9O. The number of piperidine rings is 1. The maximum absolute atomic E-state index is 15.4. The third kappa shape index (κ3) is 3.55. The molecule has 2 aromatic carbocycles. The summed E-state index contributed by atoms with van der Waals surface area (Å²) in [7, 11) is 0. The summed E-state index contributed by atoms with van der Waals surface area (Å²) in [4.78, 5) is 14.6. The molecule has 10 nitrogen and oxygen atoms in total. The average Bonchev–Trinajstić information content (AvgIpc) is 3.43. The summed E-state index contributed by atoms with van der Waals surface area (Å²) in [5.41, 5.74) is 12.4. The van der Waals surface area contributed by atoms with Crippen LogP contribution in [0.4, 0.5) is 4.39 Å². The van der Waals surface area contributed by atoms with Crippen molar-refractivity contribution in [3.05, 3.63) is 59.9 Å². The predicted molar refractivity (Wildman–Crippen MR) is 131 cm³/mol. The number of hydrogen-bond acceptors (Lipinski definition) is 7. The summed E-state index contributed by atoms with van der Waals surface area (Å²) in [6.45, 7) is 1.81. The second-order valence-corrected chi connectivity index (χ2v) is 9.06. The first-order valence-corrected chi connectivity index (χ1v) is 11.6. The molecule has 1 amide bonds. The number of nitrogens with zero attached hydrogens (tertiary/aromatic N) is 5. The lowest BCUT2D eigenvalue weighted by atomic mass is 9.89. The van der Waals surface area contributed by atoms with E-state index in [0.29, 0.717) is 11.3 Å². The molecule has 0 unspecified atom stereocenters. The fraction of sp³-hybridized carbons (Fsp3) is 0.292. The zero-order valence-corrected chi connectivity index (χ0v) is 19.0. The Kier molecular flexibility index (Phi) is 5.06. The van der Waals surface area contributed by atoms with Crippen LogP contribution in [0.25, 0.3) is 32.9 Å². The number of nitrogens with two attached hydrogens (primary N) is 2. The molecule has 11 heteroatoms. The van der Waals surface area contributed by atoms with Crippen LogP contribution in [0.1, 0.15) is 24.5 Å². The van der Waals surface area contributed by atoms with Gasteiger partial charge in [0.2, 0.25) is 5.91 Å². The number of fused-ring (bicyclic) bond motifs is 2. The summed E-state index contributed by atoms with van der Waals surface area (Å²) in [6, 6.07) is 9.17. The second-order valence-electron chi connectivity index (χ2n) is 9.06. The lowest BCUT2D eigenvalue weighted by Crippen LogP contribution is -2.41. The van der Waals surface area contributed by atoms with E-state index < -0.39 is 0 Å². The molecule has 3 aliphatic rings. The predicted octanol–water partition coefficient (Wildman–Crippen LogP) is 1.40. The fourth-order valence-electron chi connectivity index (χ4n) is 5.23. The van der Waals surface area contributed by atoms with Crippen LogP contribution in [0.2, 0.25) is 0 Å². The minimum atomic E-state index is -0.307. The Balaban J connectivity index is 1.49. The zero-order chi connectivity index (χ0) is 24.1. The lowest BCUT2D eigenvalue weighted by Gasteiger charge is -2.32. The average molecular weight is 476 g/mol. The van der Waals surface area contributed by atoms with Gasteiger partial charge in [-0.3, -0.25) is 20.3 Å². The van der Waals surface area contributed by atoms with E-state index in [1.165, 1.54) is 6.20 Å². The number of halogens is 1. The first kappa shape index (κ1) is 21.4. The lowest BCUT2D eigenvalue weighted by molar-refractivity contribution is -0.121. The molecule has 0 aliphatic carbocycles. The minimum absolute atomic E-state index is 0.0242. The van der Waals surface area contributed by atoms with Crippen molar-refractivity contribution in [1.29, 1.82) is 0 Å². The van der Waals surface area contributed by atoms with Gasteiger partial charge in [0, 0.05) is 47.2 Å². The van der Waals surface area contributed by atoms with E-state index in [1.807, 2.05) is 29.1 Å². The highest BCUT2D eigenvalue weighted by atomic mass is 19.1. The van der Waals surface area contributed by atoms with Gasteiger partial charge in [-0.2, -0.15) is 15.0 Å². The topological polar surface area (TPSA) is 132 Å². The molecular weight excluding hydrogens is 449 g/mol. The van der Waals surface area contributed by atoms with Crippen LogP contribution in [0, 0.1) is 5.82 Å². The maximum atomic E-state index is 15.4. The van der Waals surface area contributed by atoms with Crippen molar-refractivity contribution in [1.82, 2.24) is 30.4 Å². The molecule has 2 aromatic heterocycles. The SMILES string of the molecule is NN/C=C(\N)CNC(=O)Cn1nc2c3c(cccc31)-c1cc3c(cnn3N3CCC2CC3)cc1F. The second kappa shape index (κ2) is 8.27. The van der Waals surface area contributed by atoms with E-state index in [9.17, 15) is 4.79 Å². The van der Waals surface area contributed by atoms with Crippen molar-refractivity contribution in [3.8, 4) is 11.1 Å². The van der Waals surface area contributed by atoms with E-state index in [1.54, 1.807) is 16.9 Å². The number of carbonyl (C=O) groups is 1. The summed E-state index contributed by atoms with van der Waals surface area (Å²) < 4.78 is 17.1. The highest BCUT2D eigenvalue weighted by molar-refractivity contribution is 6.00. The van der Waals surface area contributed by atoms with Gasteiger partial charge < -0.3 is 16.5 Å². The quantitative estimate of drug-likeness (QED) is 0.253. The van der Waals surface area contributed by atoms with Crippen LogP contribution < -0.4 is 27.3 Å². The van der Waals surface area contributed by atoms with Crippen molar-refractivity contribution in [2.45, 2.75) is 25.3 Å². The molecule has 7 rings (SSSR count). The highest BCUT2D eigenvalue weighted by Gasteiger charge is 2.30. The number of aromatic nitrogens is 4. The number of carbonyl (C=O) groups excluding carboxylic acids is 1. The number of rotatable bonds is 5. The Bertz CT molecular complexity index is 1480. The van der Waals surface area contributed by atoms with Crippen molar-refractivity contribution < 1.29 is 9.18 Å². The van der Waals surface area contributed by atoms with Crippen LogP contribution in [-0.4, -0.2) is 45.2 Å². The van der Waals surface area contributed by atoms with Gasteiger partial charge >= 0.3 is 0 Å². The minimum Gasteiger partial charge on any atom is -0.399 e. The number of hydrogen-bond donors (Lipinski definition) is 4. The van der Waals surface area contributed by atoms with Gasteiger partial charge in [0.15, 0.2) is 0 Å². The third-order valence-electron chi connectivity index (χ3n) is 6.91. The largest absolute Gasteiger partial charge is 0.399 e. The molecule has 0 saturated carbocycles. The molecule has 4 aromatic rings. The molecule has 1 fully saturated rings. The van der Waals surface area contributed by atoms with Crippen LogP contribution in [0.15, 0.2) is 48.4 Å². The van der Waals surface area contributed by atoms with Crippen molar-refractivity contribution >= 4 is 27.7 Å². The molecule has 180 valence electrons. The van der Waals surface area contributed by atoms with Crippen LogP contribution in [0.5, 0.6) is 0 Å². The first-order chi connectivity index (χ1) is 17.0. The van der Waals surface area contributed by atoms with Crippen LogP contribution in [0.3, 0.4) is 0 Å². The first-order valence-electron chi connectivity index (χ1n) is 11.6. The molecule has 5 heterocycles. The Morgan fingerprint density at radius 2 is 2.03 bits per heavy atom. The summed E-state index contributed by atoms with van der Waals surface area (Å²) in [6.07, 6.45) is 4.91. The maximum Gasteiger partial charge on any atom is 0.242 e. The monoisotopic (exact) mass is 475 g/mol. The third-order valence-corrected chi connectivity index (χ3v) is 6.91. The molecule has 1 saturated heterocycles. The van der Waals surface area contributed by atoms with Crippen molar-refractivity contribution in [3.63, 3.8) is 0 Å². The van der Waals surface area contributed by atoms with Crippen LogP contribution >= 0.6 is 0 Å². The number of benzene rings is 2. The standard InChI is InChI=1S/C24H26FN9O/c25-19-8-15-10-30-34-21(15)9-18(19)17-2-1-3-20-23(17)24(14-4-6-32(34)7-5-14)31-33(20)13-22(35)28-11-16(26)12-29-27/h1-3,8-10,12,14,29H,4-7,11,13,26-27H2,(H,28,35)/b16-12-. The van der Waals surface area contributed by atoms with Crippen molar-refractivity contribution in [2.75, 3.05) is 24.6 Å². The summed E-state index contributed by atoms with van der Waals surface area (Å²) in [5, 5.41) is 16.1. The molecule has 6 N–H and O–H groups in total. The van der Waals surface area contributed by atoms with Crippen molar-refractivity contribution in [2.24, 2.45) is 11.6 Å². The summed E-state index contributed by atoms with van der Waals surface area (Å²) >= 11 is 0. The van der Waals surface area contributed by atoms with Gasteiger partial charge in [-0.15, -0.1) is 0 Å². The molecule has 3 aliphatic heterocycles. The Morgan fingerprint density at radius 1 is 1.20 bits per heavy atom. The van der Waals surface area contributed by atoms with E-state index in [4.69, 9.17) is 16.7 Å². The Morgan fingerprint density at radius 3 is 2.83 bits per heavy atom. The Hall–Kier alpha value is -4.12.